The van der Waals surface area contributed by atoms with E-state index in [1.807, 2.05) is 124 Å². The van der Waals surface area contributed by atoms with Crippen molar-refractivity contribution in [3.63, 3.8) is 0 Å². The van der Waals surface area contributed by atoms with Crippen LogP contribution in [0.3, 0.4) is 0 Å². The molecule has 0 aliphatic carbocycles. The van der Waals surface area contributed by atoms with E-state index in [0.29, 0.717) is 0 Å². The number of methoxy groups -OCH3 is 1. The van der Waals surface area contributed by atoms with Crippen LogP contribution in [0.2, 0.25) is 19.6 Å². The molecule has 2 amide bonds. The van der Waals surface area contributed by atoms with E-state index in [9.17, 15) is 4.79 Å². The Bertz CT molecular complexity index is 1350. The number of piperazine rings is 1. The second-order valence-electron chi connectivity index (χ2n) is 12.6. The summed E-state index contributed by atoms with van der Waals surface area (Å²) < 4.78 is 25.3. The van der Waals surface area contributed by atoms with E-state index in [0.717, 1.165) is 16.7 Å². The monoisotopic (exact) mass is 618 g/mol. The summed E-state index contributed by atoms with van der Waals surface area (Å²) in [5.41, 5.74) is -0.506. The largest absolute Gasteiger partial charge is 0.388 e. The van der Waals surface area contributed by atoms with Crippen molar-refractivity contribution < 1.29 is 28.2 Å². The summed E-state index contributed by atoms with van der Waals surface area (Å²) in [6.45, 7) is 10.3. The van der Waals surface area contributed by atoms with Crippen LogP contribution in [0.5, 0.6) is 0 Å². The summed E-state index contributed by atoms with van der Waals surface area (Å²) in [4.78, 5) is 33.0. The van der Waals surface area contributed by atoms with Gasteiger partial charge >= 0.3 is 0 Å². The average Bonchev–Trinajstić information content (AvgIpc) is 3.00. The summed E-state index contributed by atoms with van der Waals surface area (Å²) in [6, 6.07) is 29.1. The molecule has 0 saturated carbocycles. The Morgan fingerprint density at radius 1 is 0.659 bits per heavy atom. The van der Waals surface area contributed by atoms with E-state index in [1.165, 1.54) is 16.9 Å². The fraction of sp³-hybridized carbons (Fsp3) is 0.429. The molecular formula is C35H46N2O6Si. The Morgan fingerprint density at radius 3 is 1.48 bits per heavy atom. The van der Waals surface area contributed by atoms with Crippen molar-refractivity contribution in [3.8, 4) is 0 Å². The molecule has 8 nitrogen and oxygen atoms in total. The van der Waals surface area contributed by atoms with Crippen LogP contribution in [-0.2, 0) is 47.9 Å². The highest BCUT2D eigenvalue weighted by molar-refractivity contribution is 6.70. The van der Waals surface area contributed by atoms with Gasteiger partial charge < -0.3 is 18.6 Å². The lowest BCUT2D eigenvalue weighted by Crippen LogP contribution is -2.80. The van der Waals surface area contributed by atoms with E-state index in [2.05, 4.69) is 0 Å². The zero-order chi connectivity index (χ0) is 31.8. The molecule has 0 aromatic heterocycles. The molecule has 1 saturated heterocycles. The molecule has 0 radical (unpaired) electrons. The molecule has 3 aromatic carbocycles. The van der Waals surface area contributed by atoms with Crippen molar-refractivity contribution in [1.29, 1.82) is 0 Å². The number of hydrogen-bond donors (Lipinski definition) is 0. The van der Waals surface area contributed by atoms with Gasteiger partial charge in [0.15, 0.2) is 8.32 Å². The van der Waals surface area contributed by atoms with Gasteiger partial charge in [-0.15, -0.1) is 0 Å². The van der Waals surface area contributed by atoms with Crippen LogP contribution in [0.25, 0.3) is 0 Å². The smallest absolute Gasteiger partial charge is 0.280 e. The van der Waals surface area contributed by atoms with Crippen molar-refractivity contribution in [2.45, 2.75) is 71.0 Å². The van der Waals surface area contributed by atoms with Crippen molar-refractivity contribution in [1.82, 2.24) is 9.80 Å². The first kappa shape index (κ1) is 33.5. The molecule has 236 valence electrons. The van der Waals surface area contributed by atoms with E-state index < -0.39 is 19.8 Å². The molecule has 1 fully saturated rings. The van der Waals surface area contributed by atoms with Gasteiger partial charge in [-0.1, -0.05) is 105 Å². The number of benzene rings is 3. The third-order valence-electron chi connectivity index (χ3n) is 7.48. The Kier molecular flexibility index (Phi) is 11.2. The van der Waals surface area contributed by atoms with Gasteiger partial charge in [0.1, 0.15) is 13.5 Å². The van der Waals surface area contributed by atoms with Gasteiger partial charge in [-0.05, 0) is 42.2 Å². The highest BCUT2D eigenvalue weighted by Gasteiger charge is 2.65. The lowest BCUT2D eigenvalue weighted by atomic mass is 9.89. The zero-order valence-electron chi connectivity index (χ0n) is 26.8. The van der Waals surface area contributed by atoms with E-state index in [-0.39, 0.29) is 57.2 Å². The van der Waals surface area contributed by atoms with Gasteiger partial charge in [-0.25, -0.2) is 0 Å². The van der Waals surface area contributed by atoms with E-state index in [4.69, 9.17) is 18.6 Å². The summed E-state index contributed by atoms with van der Waals surface area (Å²) in [5, 5.41) is 0. The van der Waals surface area contributed by atoms with Gasteiger partial charge in [-0.2, -0.15) is 0 Å². The summed E-state index contributed by atoms with van der Waals surface area (Å²) in [6.07, 6.45) is 0.417. The standard InChI is InChI=1S/C35H46N2O6Si/c1-28(2)22-34(40-3)32(38)37(27-42-25-31-20-14-9-15-21-31)35(43-44(4,5)6,23-29-16-10-7-11-17-29)33(39)36(34)26-41-24-30-18-12-8-13-19-30/h7-21,28H,22-27H2,1-6H3/t34-,35+/m1/s1. The van der Waals surface area contributed by atoms with E-state index in [1.54, 1.807) is 0 Å². The molecule has 1 heterocycles. The molecule has 1 aliphatic rings. The summed E-state index contributed by atoms with van der Waals surface area (Å²) in [7, 11) is -0.991. The Labute approximate surface area is 263 Å². The topological polar surface area (TPSA) is 77.5 Å². The molecule has 0 spiro atoms. The number of carbonyl (C=O) groups excluding carboxylic acids is 2. The minimum atomic E-state index is -2.47. The number of ether oxygens (including phenoxy) is 3. The Morgan fingerprint density at radius 2 is 1.07 bits per heavy atom. The van der Waals surface area contributed by atoms with Gasteiger partial charge in [0.25, 0.3) is 11.8 Å². The molecule has 1 aliphatic heterocycles. The number of amides is 2. The predicted octanol–water partition coefficient (Wildman–Crippen LogP) is 6.19. The quantitative estimate of drug-likeness (QED) is 0.189. The number of rotatable bonds is 15. The van der Waals surface area contributed by atoms with Crippen LogP contribution in [0.4, 0.5) is 0 Å². The van der Waals surface area contributed by atoms with Crippen molar-refractivity contribution >= 4 is 20.1 Å². The summed E-state index contributed by atoms with van der Waals surface area (Å²) in [5.74, 6) is -0.754. The third kappa shape index (κ3) is 7.83. The molecule has 0 bridgehead atoms. The van der Waals surface area contributed by atoms with Crippen LogP contribution in [0.15, 0.2) is 91.0 Å². The average molecular weight is 619 g/mol. The minimum absolute atomic E-state index is 0.0231. The normalized spacial score (nSPS) is 20.9. The highest BCUT2D eigenvalue weighted by Crippen LogP contribution is 2.41. The number of hydrogen-bond acceptors (Lipinski definition) is 6. The molecule has 9 heteroatoms. The third-order valence-corrected chi connectivity index (χ3v) is 8.43. The second-order valence-corrected chi connectivity index (χ2v) is 17.1. The fourth-order valence-corrected chi connectivity index (χ4v) is 6.96. The first-order chi connectivity index (χ1) is 21.0. The number of nitrogens with zero attached hydrogens (tertiary/aromatic N) is 2. The van der Waals surface area contributed by atoms with Crippen LogP contribution in [-0.4, -0.2) is 62.0 Å². The lowest BCUT2D eigenvalue weighted by Gasteiger charge is -2.57. The molecule has 2 atom stereocenters. The van der Waals surface area contributed by atoms with E-state index >= 15 is 4.79 Å². The lowest BCUT2D eigenvalue weighted by molar-refractivity contribution is -0.257. The Hall–Kier alpha value is -3.34. The van der Waals surface area contributed by atoms with Crippen LogP contribution in [0, 0.1) is 5.92 Å². The maximum absolute atomic E-state index is 15.1. The SMILES string of the molecule is CO[C@]1(CC(C)C)C(=O)N(COCc2ccccc2)[C@@](Cc2ccccc2)(O[Si](C)(C)C)C(=O)N1COCc1ccccc1. The maximum Gasteiger partial charge on any atom is 0.280 e. The minimum Gasteiger partial charge on any atom is -0.388 e. The molecule has 4 rings (SSSR count). The number of carbonyl (C=O) groups is 2. The predicted molar refractivity (Wildman–Crippen MR) is 172 cm³/mol. The van der Waals surface area contributed by atoms with Crippen molar-refractivity contribution in [2.75, 3.05) is 20.6 Å². The van der Waals surface area contributed by atoms with Gasteiger partial charge in [-0.3, -0.25) is 19.4 Å². The fourth-order valence-electron chi connectivity index (χ4n) is 5.68. The van der Waals surface area contributed by atoms with Crippen molar-refractivity contribution in [2.24, 2.45) is 5.92 Å². The van der Waals surface area contributed by atoms with Crippen LogP contribution < -0.4 is 0 Å². The molecule has 44 heavy (non-hydrogen) atoms. The zero-order valence-corrected chi connectivity index (χ0v) is 27.8. The highest BCUT2D eigenvalue weighted by atomic mass is 28.4. The molecule has 0 unspecified atom stereocenters. The summed E-state index contributed by atoms with van der Waals surface area (Å²) >= 11 is 0. The van der Waals surface area contributed by atoms with Crippen LogP contribution >= 0.6 is 0 Å². The first-order valence-corrected chi connectivity index (χ1v) is 18.6. The maximum atomic E-state index is 15.1. The van der Waals surface area contributed by atoms with Crippen molar-refractivity contribution in [3.05, 3.63) is 108 Å². The molecular weight excluding hydrogens is 572 g/mol. The Balaban J connectivity index is 1.80. The molecule has 0 N–H and O–H groups in total. The van der Waals surface area contributed by atoms with Gasteiger partial charge in [0.2, 0.25) is 11.4 Å². The molecule has 3 aromatic rings. The second kappa shape index (κ2) is 14.6. The van der Waals surface area contributed by atoms with Gasteiger partial charge in [0.05, 0.1) is 13.2 Å². The van der Waals surface area contributed by atoms with Crippen LogP contribution in [0.1, 0.15) is 37.0 Å². The van der Waals surface area contributed by atoms with Gasteiger partial charge in [0, 0.05) is 20.0 Å². The first-order valence-electron chi connectivity index (χ1n) is 15.2.